The third-order valence-electron chi connectivity index (χ3n) is 2.87. The first kappa shape index (κ1) is 15.5. The summed E-state index contributed by atoms with van der Waals surface area (Å²) in [5, 5.41) is 3.15. The van der Waals surface area contributed by atoms with E-state index in [2.05, 4.69) is 53.8 Å². The Morgan fingerprint density at radius 2 is 1.50 bits per heavy atom. The average molecular weight is 227 g/mol. The molecule has 0 aliphatic heterocycles. The van der Waals surface area contributed by atoms with Gasteiger partial charge in [-0.3, -0.25) is 4.79 Å². The molecule has 0 aromatic carbocycles. The van der Waals surface area contributed by atoms with Crippen LogP contribution in [-0.2, 0) is 4.79 Å². The lowest BCUT2D eigenvalue weighted by atomic mass is 9.89. The molecule has 0 fully saturated rings. The predicted octanol–water partition coefficient (Wildman–Crippen LogP) is 3.61. The van der Waals surface area contributed by atoms with E-state index in [0.29, 0.717) is 24.3 Å². The van der Waals surface area contributed by atoms with E-state index in [0.717, 1.165) is 6.42 Å². The fourth-order valence-electron chi connectivity index (χ4n) is 1.85. The summed E-state index contributed by atoms with van der Waals surface area (Å²) in [5.41, 5.74) is 0.239. The number of hydrogen-bond donors (Lipinski definition) is 1. The van der Waals surface area contributed by atoms with Gasteiger partial charge in [0.05, 0.1) is 0 Å². The summed E-state index contributed by atoms with van der Waals surface area (Å²) in [5.74, 6) is 1.19. The fraction of sp³-hybridized carbons (Fsp3) is 0.929. The van der Waals surface area contributed by atoms with E-state index in [9.17, 15) is 4.79 Å². The minimum Gasteiger partial charge on any atom is -0.353 e. The van der Waals surface area contributed by atoms with Crippen molar-refractivity contribution in [3.8, 4) is 0 Å². The lowest BCUT2D eigenvalue weighted by Gasteiger charge is -2.27. The second-order valence-electron chi connectivity index (χ2n) is 6.64. The molecule has 0 spiro atoms. The Kier molecular flexibility index (Phi) is 6.06. The van der Waals surface area contributed by atoms with Crippen LogP contribution in [0.15, 0.2) is 0 Å². The molecule has 16 heavy (non-hydrogen) atoms. The highest BCUT2D eigenvalue weighted by atomic mass is 16.1. The molecule has 0 unspecified atom stereocenters. The van der Waals surface area contributed by atoms with Crippen LogP contribution in [0, 0.1) is 17.3 Å². The molecule has 0 radical (unpaired) electrons. The van der Waals surface area contributed by atoms with Crippen molar-refractivity contribution in [1.82, 2.24) is 5.32 Å². The highest BCUT2D eigenvalue weighted by Crippen LogP contribution is 2.20. The largest absolute Gasteiger partial charge is 0.353 e. The zero-order chi connectivity index (χ0) is 12.9. The van der Waals surface area contributed by atoms with Crippen molar-refractivity contribution in [2.45, 2.75) is 67.3 Å². The molecule has 0 atom stereocenters. The van der Waals surface area contributed by atoms with Crippen molar-refractivity contribution in [3.63, 3.8) is 0 Å². The minimum atomic E-state index is 0.197. The van der Waals surface area contributed by atoms with E-state index >= 15 is 0 Å². The number of hydrogen-bond acceptors (Lipinski definition) is 1. The van der Waals surface area contributed by atoms with Gasteiger partial charge < -0.3 is 5.32 Å². The number of carbonyl (C=O) groups excluding carboxylic acids is 1. The third-order valence-corrected chi connectivity index (χ3v) is 2.87. The van der Waals surface area contributed by atoms with Crippen LogP contribution >= 0.6 is 0 Å². The first-order valence-corrected chi connectivity index (χ1v) is 6.43. The third kappa shape index (κ3) is 6.86. The van der Waals surface area contributed by atoms with Crippen molar-refractivity contribution in [1.29, 1.82) is 0 Å². The Balaban J connectivity index is 4.11. The second kappa shape index (κ2) is 6.27. The monoisotopic (exact) mass is 227 g/mol. The second-order valence-corrected chi connectivity index (χ2v) is 6.64. The number of rotatable bonds is 5. The van der Waals surface area contributed by atoms with Crippen molar-refractivity contribution < 1.29 is 4.79 Å². The molecule has 0 aliphatic rings. The van der Waals surface area contributed by atoms with E-state index in [1.807, 2.05) is 0 Å². The van der Waals surface area contributed by atoms with Gasteiger partial charge in [0.15, 0.2) is 0 Å². The highest BCUT2D eigenvalue weighted by molar-refractivity contribution is 5.76. The number of amides is 1. The molecule has 1 amide bonds. The molecule has 0 rings (SSSR count). The van der Waals surface area contributed by atoms with E-state index in [-0.39, 0.29) is 11.3 Å². The van der Waals surface area contributed by atoms with Crippen molar-refractivity contribution in [2.24, 2.45) is 17.3 Å². The molecule has 2 nitrogen and oxygen atoms in total. The molecule has 0 saturated heterocycles. The van der Waals surface area contributed by atoms with Crippen LogP contribution in [0.1, 0.15) is 61.3 Å². The van der Waals surface area contributed by atoms with Gasteiger partial charge in [0, 0.05) is 12.5 Å². The molecule has 0 heterocycles. The van der Waals surface area contributed by atoms with Gasteiger partial charge in [-0.15, -0.1) is 0 Å². The van der Waals surface area contributed by atoms with Gasteiger partial charge in [0.1, 0.15) is 0 Å². The predicted molar refractivity (Wildman–Crippen MR) is 70.3 cm³/mol. The van der Waals surface area contributed by atoms with Crippen LogP contribution in [0.5, 0.6) is 0 Å². The molecule has 1 N–H and O–H groups in total. The lowest BCUT2D eigenvalue weighted by molar-refractivity contribution is -0.123. The summed E-state index contributed by atoms with van der Waals surface area (Å²) in [6.07, 6.45) is 1.58. The van der Waals surface area contributed by atoms with Gasteiger partial charge in [-0.1, -0.05) is 48.5 Å². The molecule has 0 saturated carbocycles. The maximum Gasteiger partial charge on any atom is 0.220 e. The molecule has 96 valence electrons. The lowest BCUT2D eigenvalue weighted by Crippen LogP contribution is -2.42. The summed E-state index contributed by atoms with van der Waals surface area (Å²) in [6, 6.07) is 0.299. The summed E-state index contributed by atoms with van der Waals surface area (Å²) < 4.78 is 0. The maximum absolute atomic E-state index is 11.8. The summed E-state index contributed by atoms with van der Waals surface area (Å²) in [4.78, 5) is 11.8. The van der Waals surface area contributed by atoms with Crippen molar-refractivity contribution in [2.75, 3.05) is 0 Å². The smallest absolute Gasteiger partial charge is 0.220 e. The Bertz CT molecular complexity index is 205. The van der Waals surface area contributed by atoms with E-state index < -0.39 is 0 Å². The van der Waals surface area contributed by atoms with Crippen molar-refractivity contribution in [3.05, 3.63) is 0 Å². The first-order chi connectivity index (χ1) is 7.13. The van der Waals surface area contributed by atoms with Crippen LogP contribution < -0.4 is 5.32 Å². The molecule has 0 aromatic heterocycles. The van der Waals surface area contributed by atoms with Gasteiger partial charge in [-0.25, -0.2) is 0 Å². The Morgan fingerprint density at radius 1 is 1.06 bits per heavy atom. The maximum atomic E-state index is 11.8. The first-order valence-electron chi connectivity index (χ1n) is 6.43. The highest BCUT2D eigenvalue weighted by Gasteiger charge is 2.20. The van der Waals surface area contributed by atoms with Gasteiger partial charge in [-0.05, 0) is 23.7 Å². The fourth-order valence-corrected chi connectivity index (χ4v) is 1.85. The summed E-state index contributed by atoms with van der Waals surface area (Å²) in [6.45, 7) is 15.2. The molecule has 0 aromatic rings. The van der Waals surface area contributed by atoms with Gasteiger partial charge in [0.2, 0.25) is 5.91 Å². The quantitative estimate of drug-likeness (QED) is 0.764. The average Bonchev–Trinajstić information content (AvgIpc) is 2.08. The topological polar surface area (TPSA) is 29.1 Å². The van der Waals surface area contributed by atoms with Gasteiger partial charge in [-0.2, -0.15) is 0 Å². The molecule has 0 aliphatic carbocycles. The minimum absolute atomic E-state index is 0.197. The molecular weight excluding hydrogens is 198 g/mol. The van der Waals surface area contributed by atoms with Crippen LogP contribution in [0.3, 0.4) is 0 Å². The van der Waals surface area contributed by atoms with Crippen LogP contribution in [0.2, 0.25) is 0 Å². The zero-order valence-corrected chi connectivity index (χ0v) is 12.1. The van der Waals surface area contributed by atoms with Crippen LogP contribution in [0.25, 0.3) is 0 Å². The summed E-state index contributed by atoms with van der Waals surface area (Å²) in [7, 11) is 0. The number of carbonyl (C=O) groups is 1. The normalized spacial score (nSPS) is 12.6. The standard InChI is InChI=1S/C14H29NO/c1-10(2)13(11(3)4)15-12(16)8-9-14(5,6)7/h10-11,13H,8-9H2,1-7H3,(H,15,16). The molecular formula is C14H29NO. The summed E-state index contributed by atoms with van der Waals surface area (Å²) >= 11 is 0. The van der Waals surface area contributed by atoms with Crippen LogP contribution in [0.4, 0.5) is 0 Å². The van der Waals surface area contributed by atoms with E-state index in [4.69, 9.17) is 0 Å². The Hall–Kier alpha value is -0.530. The van der Waals surface area contributed by atoms with Gasteiger partial charge in [0.25, 0.3) is 0 Å². The Labute approximate surface area is 101 Å². The van der Waals surface area contributed by atoms with Crippen LogP contribution in [-0.4, -0.2) is 11.9 Å². The van der Waals surface area contributed by atoms with E-state index in [1.165, 1.54) is 0 Å². The Morgan fingerprint density at radius 3 is 1.81 bits per heavy atom. The van der Waals surface area contributed by atoms with E-state index in [1.54, 1.807) is 0 Å². The van der Waals surface area contributed by atoms with Crippen molar-refractivity contribution >= 4 is 5.91 Å². The SMILES string of the molecule is CC(C)C(NC(=O)CCC(C)(C)C)C(C)C. The molecule has 0 bridgehead atoms. The molecule has 2 heteroatoms. The van der Waals surface area contributed by atoms with Gasteiger partial charge >= 0.3 is 0 Å². The zero-order valence-electron chi connectivity index (χ0n) is 12.1. The number of nitrogens with one attached hydrogen (secondary N) is 1.